The van der Waals surface area contributed by atoms with Crippen LogP contribution < -0.4 is 4.74 Å². The van der Waals surface area contributed by atoms with Crippen LogP contribution in [-0.2, 0) is 15.5 Å². The van der Waals surface area contributed by atoms with Crippen molar-refractivity contribution in [3.8, 4) is 5.75 Å². The largest absolute Gasteiger partial charge is 0.497 e. The van der Waals surface area contributed by atoms with Gasteiger partial charge in [-0.2, -0.15) is 0 Å². The Bertz CT molecular complexity index is 425. The molecule has 1 unspecified atom stereocenters. The van der Waals surface area contributed by atoms with E-state index in [1.165, 1.54) is 0 Å². The lowest BCUT2D eigenvalue weighted by atomic mass is 10.1. The van der Waals surface area contributed by atoms with E-state index in [0.29, 0.717) is 12.8 Å². The molecule has 0 fully saturated rings. The zero-order chi connectivity index (χ0) is 12.2. The molecule has 1 aromatic rings. The molecule has 3 nitrogen and oxygen atoms in total. The van der Waals surface area contributed by atoms with Crippen LogP contribution in [0.4, 0.5) is 0 Å². The molecule has 0 amide bonds. The summed E-state index contributed by atoms with van der Waals surface area (Å²) in [5.74, 6) is 0.793. The molecular weight excluding hydrogens is 248 g/mol. The van der Waals surface area contributed by atoms with Gasteiger partial charge in [0.05, 0.1) is 12.4 Å². The maximum absolute atomic E-state index is 11.0. The molecule has 0 spiro atoms. The van der Waals surface area contributed by atoms with E-state index in [0.717, 1.165) is 11.3 Å². The van der Waals surface area contributed by atoms with Gasteiger partial charge < -0.3 is 4.74 Å². The van der Waals surface area contributed by atoms with E-state index in [9.17, 15) is 8.42 Å². The predicted octanol–water partition coefficient (Wildman–Crippen LogP) is 2.58. The molecule has 5 heteroatoms. The maximum Gasteiger partial charge on any atom is 0.235 e. The molecule has 0 aliphatic rings. The van der Waals surface area contributed by atoms with Gasteiger partial charge in [0.15, 0.2) is 0 Å². The van der Waals surface area contributed by atoms with Crippen LogP contribution >= 0.6 is 10.7 Å². The van der Waals surface area contributed by atoms with E-state index in [2.05, 4.69) is 0 Å². The molecule has 0 aliphatic carbocycles. The highest BCUT2D eigenvalue weighted by atomic mass is 35.7. The summed E-state index contributed by atoms with van der Waals surface area (Å²) in [6.45, 7) is 1.62. The Morgan fingerprint density at radius 2 is 1.88 bits per heavy atom. The van der Waals surface area contributed by atoms with E-state index in [1.54, 1.807) is 14.0 Å². The summed E-state index contributed by atoms with van der Waals surface area (Å²) in [6.07, 6.45) is 1.22. The number of halogens is 1. The van der Waals surface area contributed by atoms with Crippen LogP contribution in [0.1, 0.15) is 18.9 Å². The van der Waals surface area contributed by atoms with Crippen molar-refractivity contribution >= 4 is 19.7 Å². The average Bonchev–Trinajstić information content (AvgIpc) is 2.25. The molecule has 1 rings (SSSR count). The van der Waals surface area contributed by atoms with Gasteiger partial charge in [-0.15, -0.1) is 0 Å². The van der Waals surface area contributed by atoms with Crippen molar-refractivity contribution in [3.05, 3.63) is 29.8 Å². The van der Waals surface area contributed by atoms with Gasteiger partial charge in [-0.3, -0.25) is 0 Å². The number of rotatable bonds is 5. The van der Waals surface area contributed by atoms with Crippen molar-refractivity contribution in [2.24, 2.45) is 0 Å². The number of ether oxygens (including phenoxy) is 1. The van der Waals surface area contributed by atoms with Crippen LogP contribution in [0.2, 0.25) is 0 Å². The van der Waals surface area contributed by atoms with Crippen LogP contribution in [0.5, 0.6) is 5.75 Å². The first-order valence-electron chi connectivity index (χ1n) is 5.00. The van der Waals surface area contributed by atoms with Crippen molar-refractivity contribution in [1.29, 1.82) is 0 Å². The van der Waals surface area contributed by atoms with Crippen LogP contribution in [-0.4, -0.2) is 20.8 Å². The Labute approximate surface area is 101 Å². The second-order valence-electron chi connectivity index (χ2n) is 3.67. The fourth-order valence-corrected chi connectivity index (χ4v) is 1.97. The van der Waals surface area contributed by atoms with Gasteiger partial charge in [-0.25, -0.2) is 8.42 Å². The van der Waals surface area contributed by atoms with Gasteiger partial charge in [0.1, 0.15) is 5.75 Å². The standard InChI is InChI=1S/C11H15ClO3S/c1-9(16(12,13)14)3-4-10-5-7-11(15-2)8-6-10/h5-9H,3-4H2,1-2H3. The van der Waals surface area contributed by atoms with Crippen molar-refractivity contribution < 1.29 is 13.2 Å². The third kappa shape index (κ3) is 4.02. The highest BCUT2D eigenvalue weighted by molar-refractivity contribution is 8.14. The Balaban J connectivity index is 2.55. The molecule has 0 N–H and O–H groups in total. The van der Waals surface area contributed by atoms with Gasteiger partial charge in [-0.05, 0) is 37.5 Å². The van der Waals surface area contributed by atoms with Gasteiger partial charge in [-0.1, -0.05) is 12.1 Å². The molecule has 0 radical (unpaired) electrons. The Morgan fingerprint density at radius 3 is 2.31 bits per heavy atom. The van der Waals surface area contributed by atoms with E-state index >= 15 is 0 Å². The summed E-state index contributed by atoms with van der Waals surface area (Å²) in [7, 11) is 3.42. The van der Waals surface area contributed by atoms with Crippen LogP contribution in [0.3, 0.4) is 0 Å². The molecule has 0 saturated heterocycles. The third-order valence-corrected chi connectivity index (χ3v) is 4.59. The lowest BCUT2D eigenvalue weighted by molar-refractivity contribution is 0.414. The Morgan fingerprint density at radius 1 is 1.31 bits per heavy atom. The van der Waals surface area contributed by atoms with E-state index in [4.69, 9.17) is 15.4 Å². The summed E-state index contributed by atoms with van der Waals surface area (Å²) in [4.78, 5) is 0. The normalized spacial score (nSPS) is 13.4. The minimum Gasteiger partial charge on any atom is -0.497 e. The van der Waals surface area contributed by atoms with E-state index in [1.807, 2.05) is 24.3 Å². The summed E-state index contributed by atoms with van der Waals surface area (Å²) < 4.78 is 27.0. The van der Waals surface area contributed by atoms with Crippen molar-refractivity contribution in [1.82, 2.24) is 0 Å². The molecule has 1 aromatic carbocycles. The van der Waals surface area contributed by atoms with Crippen molar-refractivity contribution in [3.63, 3.8) is 0 Å². The second-order valence-corrected chi connectivity index (χ2v) is 6.72. The summed E-state index contributed by atoms with van der Waals surface area (Å²) >= 11 is 0. The summed E-state index contributed by atoms with van der Waals surface area (Å²) in [5.41, 5.74) is 1.08. The number of methoxy groups -OCH3 is 1. The Kier molecular flexibility index (Phi) is 4.62. The minimum atomic E-state index is -3.44. The van der Waals surface area contributed by atoms with Gasteiger partial charge >= 0.3 is 0 Å². The lowest BCUT2D eigenvalue weighted by Gasteiger charge is -2.07. The van der Waals surface area contributed by atoms with Crippen LogP contribution in [0, 0.1) is 0 Å². The zero-order valence-electron chi connectivity index (χ0n) is 9.31. The predicted molar refractivity (Wildman–Crippen MR) is 65.5 cm³/mol. The molecule has 0 aliphatic heterocycles. The first kappa shape index (κ1) is 13.3. The fourth-order valence-electron chi connectivity index (χ4n) is 1.30. The molecule has 0 bridgehead atoms. The van der Waals surface area contributed by atoms with E-state index in [-0.39, 0.29) is 0 Å². The van der Waals surface area contributed by atoms with E-state index < -0.39 is 14.3 Å². The highest BCUT2D eigenvalue weighted by Crippen LogP contribution is 2.16. The van der Waals surface area contributed by atoms with Crippen LogP contribution in [0.15, 0.2) is 24.3 Å². The smallest absolute Gasteiger partial charge is 0.235 e. The SMILES string of the molecule is COc1ccc(CCC(C)S(=O)(=O)Cl)cc1. The molecule has 1 atom stereocenters. The van der Waals surface area contributed by atoms with Gasteiger partial charge in [0.25, 0.3) is 0 Å². The monoisotopic (exact) mass is 262 g/mol. The quantitative estimate of drug-likeness (QED) is 0.766. The number of aryl methyl sites for hydroxylation is 1. The van der Waals surface area contributed by atoms with Gasteiger partial charge in [0.2, 0.25) is 9.05 Å². The number of benzene rings is 1. The average molecular weight is 263 g/mol. The summed E-state index contributed by atoms with van der Waals surface area (Å²) in [5, 5.41) is -0.517. The Hall–Kier alpha value is -0.740. The van der Waals surface area contributed by atoms with Crippen molar-refractivity contribution in [2.45, 2.75) is 25.0 Å². The zero-order valence-corrected chi connectivity index (χ0v) is 10.9. The first-order chi connectivity index (χ1) is 7.43. The fraction of sp³-hybridized carbons (Fsp3) is 0.455. The third-order valence-electron chi connectivity index (χ3n) is 2.48. The van der Waals surface area contributed by atoms with Gasteiger partial charge in [0, 0.05) is 10.7 Å². The first-order valence-corrected chi connectivity index (χ1v) is 7.37. The molecule has 16 heavy (non-hydrogen) atoms. The minimum absolute atomic E-state index is 0.517. The molecule has 0 heterocycles. The molecular formula is C11H15ClO3S. The highest BCUT2D eigenvalue weighted by Gasteiger charge is 2.16. The number of hydrogen-bond acceptors (Lipinski definition) is 3. The topological polar surface area (TPSA) is 43.4 Å². The van der Waals surface area contributed by atoms with Crippen molar-refractivity contribution in [2.75, 3.05) is 7.11 Å². The maximum atomic E-state index is 11.0. The lowest BCUT2D eigenvalue weighted by Crippen LogP contribution is -2.12. The number of hydrogen-bond donors (Lipinski definition) is 0. The molecule has 90 valence electrons. The van der Waals surface area contributed by atoms with Crippen LogP contribution in [0.25, 0.3) is 0 Å². The summed E-state index contributed by atoms with van der Waals surface area (Å²) in [6, 6.07) is 7.56. The second kappa shape index (κ2) is 5.55. The molecule has 0 aromatic heterocycles. The molecule has 0 saturated carbocycles.